The number of halogens is 1. The second-order valence-electron chi connectivity index (χ2n) is 6.55. The number of hydrogen-bond acceptors (Lipinski definition) is 6. The molecule has 164 valence electrons. The van der Waals surface area contributed by atoms with Crippen molar-refractivity contribution < 1.29 is 23.9 Å². The number of hydrogen-bond donors (Lipinski definition) is 2. The Balaban J connectivity index is 1.54. The molecule has 3 rings (SSSR count). The number of para-hydroxylation sites is 1. The summed E-state index contributed by atoms with van der Waals surface area (Å²) in [6.45, 7) is 0.122. The molecule has 0 atom stereocenters. The molecule has 0 spiro atoms. The number of carbonyl (C=O) groups is 2. The molecule has 0 aliphatic rings. The predicted octanol–water partition coefficient (Wildman–Crippen LogP) is 3.37. The van der Waals surface area contributed by atoms with Crippen molar-refractivity contribution in [2.75, 3.05) is 6.61 Å². The van der Waals surface area contributed by atoms with Crippen LogP contribution in [0.15, 0.2) is 82.4 Å². The van der Waals surface area contributed by atoms with E-state index in [4.69, 9.17) is 25.8 Å². The fourth-order valence-corrected chi connectivity index (χ4v) is 2.93. The van der Waals surface area contributed by atoms with E-state index in [1.165, 1.54) is 0 Å². The van der Waals surface area contributed by atoms with Crippen molar-refractivity contribution in [3.05, 3.63) is 94.0 Å². The van der Waals surface area contributed by atoms with Crippen molar-refractivity contribution in [3.63, 3.8) is 0 Å². The molecule has 32 heavy (non-hydrogen) atoms. The van der Waals surface area contributed by atoms with Crippen LogP contribution in [0.3, 0.4) is 0 Å². The van der Waals surface area contributed by atoms with Gasteiger partial charge >= 0.3 is 5.97 Å². The number of amides is 1. The van der Waals surface area contributed by atoms with Gasteiger partial charge in [-0.2, -0.15) is 0 Å². The van der Waals surface area contributed by atoms with Crippen molar-refractivity contribution in [1.82, 2.24) is 0 Å². The summed E-state index contributed by atoms with van der Waals surface area (Å²) in [6.07, 6.45) is 0. The van der Waals surface area contributed by atoms with Gasteiger partial charge in [-0.3, -0.25) is 4.79 Å². The van der Waals surface area contributed by atoms with E-state index in [0.717, 1.165) is 15.8 Å². The van der Waals surface area contributed by atoms with Crippen molar-refractivity contribution in [3.8, 4) is 11.5 Å². The lowest BCUT2D eigenvalue weighted by Crippen LogP contribution is -2.20. The van der Waals surface area contributed by atoms with E-state index >= 15 is 0 Å². The van der Waals surface area contributed by atoms with Gasteiger partial charge in [-0.1, -0.05) is 29.4 Å². The van der Waals surface area contributed by atoms with Crippen LogP contribution >= 0.6 is 15.9 Å². The smallest absolute Gasteiger partial charge is 0.365 e. The lowest BCUT2D eigenvalue weighted by Gasteiger charge is -2.08. The normalized spacial score (nSPS) is 11.0. The summed E-state index contributed by atoms with van der Waals surface area (Å²) in [4.78, 5) is 27.9. The summed E-state index contributed by atoms with van der Waals surface area (Å²) in [5.41, 5.74) is 12.6. The highest BCUT2D eigenvalue weighted by Gasteiger charge is 2.09. The zero-order valence-electron chi connectivity index (χ0n) is 16.9. The van der Waals surface area contributed by atoms with E-state index in [2.05, 4.69) is 21.1 Å². The number of nitrogens with zero attached hydrogens (tertiary/aromatic N) is 1. The summed E-state index contributed by atoms with van der Waals surface area (Å²) < 4.78 is 11.8. The topological polar surface area (TPSA) is 126 Å². The average Bonchev–Trinajstić information content (AvgIpc) is 2.81. The summed E-state index contributed by atoms with van der Waals surface area (Å²) in [7, 11) is 0. The van der Waals surface area contributed by atoms with Gasteiger partial charge in [0, 0.05) is 5.56 Å². The molecule has 0 fully saturated rings. The van der Waals surface area contributed by atoms with E-state index < -0.39 is 11.9 Å². The fraction of sp³-hybridized carbons (Fsp3) is 0.0870. The maximum Gasteiger partial charge on any atom is 0.365 e. The SMILES string of the molecule is NC(=O)COc1ccc(/C(N)=N/OC(=O)c2ccc(COc3ccccc3Br)cc2)cc1. The number of oxime groups is 1. The standard InChI is InChI=1S/C23H20BrN3O5/c24-19-3-1-2-4-20(19)31-13-15-5-7-17(8-6-15)23(29)32-27-22(26)16-9-11-18(12-10-16)30-14-21(25)28/h1-12H,13-14H2,(H2,25,28)(H2,26,27). The molecule has 1 amide bonds. The lowest BCUT2D eigenvalue weighted by molar-refractivity contribution is -0.119. The number of amidine groups is 1. The Bertz CT molecular complexity index is 1120. The molecule has 8 nitrogen and oxygen atoms in total. The van der Waals surface area contributed by atoms with Crippen molar-refractivity contribution in [2.45, 2.75) is 6.61 Å². The second-order valence-corrected chi connectivity index (χ2v) is 7.40. The molecule has 4 N–H and O–H groups in total. The van der Waals surface area contributed by atoms with E-state index in [1.807, 2.05) is 24.3 Å². The second kappa shape index (κ2) is 11.0. The number of benzene rings is 3. The van der Waals surface area contributed by atoms with Crippen LogP contribution in [0.5, 0.6) is 11.5 Å². The molecule has 9 heteroatoms. The van der Waals surface area contributed by atoms with Gasteiger partial charge in [0.15, 0.2) is 12.4 Å². The van der Waals surface area contributed by atoms with Crippen molar-refractivity contribution in [2.24, 2.45) is 16.6 Å². The fourth-order valence-electron chi connectivity index (χ4n) is 2.53. The summed E-state index contributed by atoms with van der Waals surface area (Å²) in [6, 6.07) is 20.7. The molecule has 0 bridgehead atoms. The first-order valence-corrected chi connectivity index (χ1v) is 10.2. The average molecular weight is 498 g/mol. The van der Waals surface area contributed by atoms with E-state index in [-0.39, 0.29) is 12.4 Å². The minimum absolute atomic E-state index is 0.0123. The minimum Gasteiger partial charge on any atom is -0.488 e. The van der Waals surface area contributed by atoms with Crippen LogP contribution in [-0.4, -0.2) is 24.3 Å². The largest absolute Gasteiger partial charge is 0.488 e. The number of carbonyl (C=O) groups excluding carboxylic acids is 2. The quantitative estimate of drug-likeness (QED) is 0.202. The van der Waals surface area contributed by atoms with Crippen molar-refractivity contribution >= 4 is 33.6 Å². The molecular formula is C23H20BrN3O5. The zero-order chi connectivity index (χ0) is 22.9. The van der Waals surface area contributed by atoms with Crippen LogP contribution < -0.4 is 20.9 Å². The van der Waals surface area contributed by atoms with E-state index in [0.29, 0.717) is 23.5 Å². The Hall–Kier alpha value is -3.85. The molecule has 0 saturated carbocycles. The highest BCUT2D eigenvalue weighted by atomic mass is 79.9. The first-order chi connectivity index (χ1) is 15.4. The first kappa shape index (κ1) is 22.8. The number of primary amides is 1. The van der Waals surface area contributed by atoms with Gasteiger partial charge in [0.05, 0.1) is 10.0 Å². The Morgan fingerprint density at radius 3 is 2.16 bits per heavy atom. The van der Waals surface area contributed by atoms with Gasteiger partial charge in [-0.15, -0.1) is 0 Å². The van der Waals surface area contributed by atoms with E-state index in [1.54, 1.807) is 48.5 Å². The first-order valence-electron chi connectivity index (χ1n) is 9.45. The monoisotopic (exact) mass is 497 g/mol. The highest BCUT2D eigenvalue weighted by Crippen LogP contribution is 2.24. The van der Waals surface area contributed by atoms with Gasteiger partial charge in [0.1, 0.15) is 18.1 Å². The Labute approximate surface area is 192 Å². The number of rotatable bonds is 9. The van der Waals surface area contributed by atoms with Crippen molar-refractivity contribution in [1.29, 1.82) is 0 Å². The molecule has 0 aromatic heterocycles. The Kier molecular flexibility index (Phi) is 7.82. The maximum atomic E-state index is 12.2. The van der Waals surface area contributed by atoms with Gasteiger partial charge < -0.3 is 25.8 Å². The molecule has 0 heterocycles. The third-order valence-electron chi connectivity index (χ3n) is 4.18. The van der Waals surface area contributed by atoms with Gasteiger partial charge in [0.2, 0.25) is 0 Å². The summed E-state index contributed by atoms with van der Waals surface area (Å²) >= 11 is 3.43. The van der Waals surface area contributed by atoms with Crippen LogP contribution in [0.4, 0.5) is 0 Å². The third-order valence-corrected chi connectivity index (χ3v) is 4.83. The summed E-state index contributed by atoms with van der Waals surface area (Å²) in [5.74, 6) is -0.0351. The molecule has 0 saturated heterocycles. The highest BCUT2D eigenvalue weighted by molar-refractivity contribution is 9.10. The number of ether oxygens (including phenoxy) is 2. The number of nitrogens with two attached hydrogens (primary N) is 2. The molecule has 3 aromatic carbocycles. The van der Waals surface area contributed by atoms with Crippen LogP contribution in [0.2, 0.25) is 0 Å². The van der Waals surface area contributed by atoms with Gasteiger partial charge in [-0.25, -0.2) is 4.79 Å². The zero-order valence-corrected chi connectivity index (χ0v) is 18.4. The van der Waals surface area contributed by atoms with E-state index in [9.17, 15) is 9.59 Å². The van der Waals surface area contributed by atoms with Gasteiger partial charge in [0.25, 0.3) is 5.91 Å². The van der Waals surface area contributed by atoms with Crippen LogP contribution in [-0.2, 0) is 16.2 Å². The van der Waals surface area contributed by atoms with Crippen LogP contribution in [0.1, 0.15) is 21.5 Å². The van der Waals surface area contributed by atoms with Crippen LogP contribution in [0.25, 0.3) is 0 Å². The molecule has 3 aromatic rings. The van der Waals surface area contributed by atoms with Gasteiger partial charge in [-0.05, 0) is 70.0 Å². The molecule has 0 aliphatic heterocycles. The maximum absolute atomic E-state index is 12.2. The Morgan fingerprint density at radius 1 is 0.844 bits per heavy atom. The lowest BCUT2D eigenvalue weighted by atomic mass is 10.1. The third kappa shape index (κ3) is 6.58. The summed E-state index contributed by atoms with van der Waals surface area (Å²) in [5, 5.41) is 3.68. The minimum atomic E-state index is -0.646. The molecule has 0 aliphatic carbocycles. The van der Waals surface area contributed by atoms with Crippen LogP contribution in [0, 0.1) is 0 Å². The molecule has 0 unspecified atom stereocenters. The molecular weight excluding hydrogens is 478 g/mol. The Morgan fingerprint density at radius 2 is 1.50 bits per heavy atom. The predicted molar refractivity (Wildman–Crippen MR) is 122 cm³/mol. The molecule has 0 radical (unpaired) electrons.